The molecule has 230 valence electrons. The van der Waals surface area contributed by atoms with Crippen molar-refractivity contribution in [1.82, 2.24) is 10.2 Å². The molecule has 1 saturated carbocycles. The van der Waals surface area contributed by atoms with E-state index >= 15 is 0 Å². The SMILES string of the molecule is CC[C@H](C(=O)NC1CCCC1)N(Cc1ccc(Cl)cc1)C(=O)CN(c1ccc(OC)c(Cl)c1)S(=O)(=O)c1ccc(C)cc1. The fraction of sp³-hybridized carbons (Fsp3) is 0.375. The number of rotatable bonds is 12. The van der Waals surface area contributed by atoms with Crippen LogP contribution in [0.2, 0.25) is 10.0 Å². The number of halogens is 2. The highest BCUT2D eigenvalue weighted by Crippen LogP contribution is 2.32. The third-order valence-electron chi connectivity index (χ3n) is 7.66. The highest BCUT2D eigenvalue weighted by Gasteiger charge is 2.34. The van der Waals surface area contributed by atoms with E-state index in [-0.39, 0.29) is 34.1 Å². The van der Waals surface area contributed by atoms with Crippen LogP contribution in [0, 0.1) is 6.92 Å². The number of nitrogens with one attached hydrogen (secondary N) is 1. The molecule has 8 nitrogen and oxygen atoms in total. The molecule has 0 bridgehead atoms. The van der Waals surface area contributed by atoms with Gasteiger partial charge in [0.1, 0.15) is 18.3 Å². The van der Waals surface area contributed by atoms with Gasteiger partial charge in [-0.1, -0.05) is 72.8 Å². The van der Waals surface area contributed by atoms with Crippen LogP contribution in [0.3, 0.4) is 0 Å². The predicted molar refractivity (Wildman–Crippen MR) is 170 cm³/mol. The summed E-state index contributed by atoms with van der Waals surface area (Å²) in [5.41, 5.74) is 1.84. The zero-order chi connectivity index (χ0) is 31.1. The third-order valence-corrected chi connectivity index (χ3v) is 10.0. The highest BCUT2D eigenvalue weighted by atomic mass is 35.5. The van der Waals surface area contributed by atoms with Crippen molar-refractivity contribution < 1.29 is 22.7 Å². The van der Waals surface area contributed by atoms with Crippen molar-refractivity contribution in [1.29, 1.82) is 0 Å². The summed E-state index contributed by atoms with van der Waals surface area (Å²) in [5, 5.41) is 3.84. The molecule has 1 aliphatic carbocycles. The summed E-state index contributed by atoms with van der Waals surface area (Å²) >= 11 is 12.5. The average molecular weight is 647 g/mol. The van der Waals surface area contributed by atoms with Crippen LogP contribution in [0.15, 0.2) is 71.6 Å². The average Bonchev–Trinajstić information content (AvgIpc) is 3.50. The molecule has 0 aliphatic heterocycles. The van der Waals surface area contributed by atoms with Crippen molar-refractivity contribution in [3.05, 3.63) is 87.9 Å². The maximum atomic E-state index is 14.2. The van der Waals surface area contributed by atoms with Gasteiger partial charge in [-0.3, -0.25) is 13.9 Å². The molecule has 2 amide bonds. The molecule has 43 heavy (non-hydrogen) atoms. The summed E-state index contributed by atoms with van der Waals surface area (Å²) in [7, 11) is -2.76. The van der Waals surface area contributed by atoms with Gasteiger partial charge >= 0.3 is 0 Å². The maximum absolute atomic E-state index is 14.2. The first-order chi connectivity index (χ1) is 20.5. The molecule has 0 radical (unpaired) electrons. The Hall–Kier alpha value is -3.27. The van der Waals surface area contributed by atoms with E-state index in [9.17, 15) is 18.0 Å². The molecule has 0 saturated heterocycles. The third kappa shape index (κ3) is 8.02. The molecule has 11 heteroatoms. The molecule has 1 aliphatic rings. The Kier molecular flexibility index (Phi) is 11.0. The second-order valence-corrected chi connectivity index (χ2v) is 13.4. The minimum Gasteiger partial charge on any atom is -0.495 e. The molecule has 0 heterocycles. The number of methoxy groups -OCH3 is 1. The first-order valence-corrected chi connectivity index (χ1v) is 16.5. The number of hydrogen-bond donors (Lipinski definition) is 1. The van der Waals surface area contributed by atoms with Gasteiger partial charge in [0.05, 0.1) is 22.7 Å². The zero-order valence-corrected chi connectivity index (χ0v) is 26.9. The normalized spacial score (nSPS) is 14.3. The Bertz CT molecular complexity index is 1530. The van der Waals surface area contributed by atoms with Crippen molar-refractivity contribution in [3.8, 4) is 5.75 Å². The van der Waals surface area contributed by atoms with E-state index < -0.39 is 28.5 Å². The molecule has 1 fully saturated rings. The first-order valence-electron chi connectivity index (χ1n) is 14.3. The lowest BCUT2D eigenvalue weighted by Crippen LogP contribution is -2.53. The molecule has 3 aromatic rings. The minimum absolute atomic E-state index is 0.0214. The Balaban J connectivity index is 1.73. The number of benzene rings is 3. The highest BCUT2D eigenvalue weighted by molar-refractivity contribution is 7.92. The smallest absolute Gasteiger partial charge is 0.264 e. The molecule has 0 spiro atoms. The molecule has 1 atom stereocenters. The number of nitrogens with zero attached hydrogens (tertiary/aromatic N) is 2. The van der Waals surface area contributed by atoms with Gasteiger partial charge < -0.3 is 15.0 Å². The zero-order valence-electron chi connectivity index (χ0n) is 24.6. The van der Waals surface area contributed by atoms with E-state index in [1.165, 1.54) is 36.3 Å². The molecule has 0 unspecified atom stereocenters. The van der Waals surface area contributed by atoms with Crippen molar-refractivity contribution in [2.45, 2.75) is 69.5 Å². The molecular weight excluding hydrogens is 609 g/mol. The van der Waals surface area contributed by atoms with Crippen molar-refractivity contribution in [2.75, 3.05) is 18.0 Å². The van der Waals surface area contributed by atoms with Crippen LogP contribution in [-0.4, -0.2) is 50.9 Å². The number of carbonyl (C=O) groups is 2. The van der Waals surface area contributed by atoms with Gasteiger partial charge in [-0.15, -0.1) is 0 Å². The molecule has 0 aromatic heterocycles. The Morgan fingerprint density at radius 3 is 2.23 bits per heavy atom. The van der Waals surface area contributed by atoms with Gasteiger partial charge in [0.25, 0.3) is 10.0 Å². The topological polar surface area (TPSA) is 96.0 Å². The van der Waals surface area contributed by atoms with E-state index in [2.05, 4.69) is 5.32 Å². The maximum Gasteiger partial charge on any atom is 0.264 e. The number of aryl methyl sites for hydroxylation is 1. The van der Waals surface area contributed by atoms with E-state index in [1.807, 2.05) is 13.8 Å². The lowest BCUT2D eigenvalue weighted by Gasteiger charge is -2.34. The summed E-state index contributed by atoms with van der Waals surface area (Å²) in [4.78, 5) is 29.3. The van der Waals surface area contributed by atoms with Crippen molar-refractivity contribution in [3.63, 3.8) is 0 Å². The van der Waals surface area contributed by atoms with Gasteiger partial charge in [0, 0.05) is 17.6 Å². The summed E-state index contributed by atoms with van der Waals surface area (Å²) in [6.45, 7) is 3.23. The number of ether oxygens (including phenoxy) is 1. The molecule has 4 rings (SSSR count). The minimum atomic E-state index is -4.22. The van der Waals surface area contributed by atoms with Crippen LogP contribution in [-0.2, 0) is 26.2 Å². The van der Waals surface area contributed by atoms with Gasteiger partial charge in [-0.05, 0) is 74.2 Å². The molecule has 1 N–H and O–H groups in total. The van der Waals surface area contributed by atoms with E-state index in [0.717, 1.165) is 41.1 Å². The summed E-state index contributed by atoms with van der Waals surface area (Å²) < 4.78 is 34.4. The van der Waals surface area contributed by atoms with Crippen LogP contribution in [0.25, 0.3) is 0 Å². The monoisotopic (exact) mass is 645 g/mol. The Labute approximate surface area is 264 Å². The molecule has 3 aromatic carbocycles. The van der Waals surface area contributed by atoms with Gasteiger partial charge in [0.15, 0.2) is 0 Å². The van der Waals surface area contributed by atoms with Crippen LogP contribution in [0.5, 0.6) is 5.75 Å². The van der Waals surface area contributed by atoms with Crippen molar-refractivity contribution >= 4 is 50.7 Å². The number of carbonyl (C=O) groups excluding carboxylic acids is 2. The Morgan fingerprint density at radius 1 is 1.00 bits per heavy atom. The van der Waals surface area contributed by atoms with Gasteiger partial charge in [-0.2, -0.15) is 0 Å². The number of anilines is 1. The Morgan fingerprint density at radius 2 is 1.65 bits per heavy atom. The largest absolute Gasteiger partial charge is 0.495 e. The second kappa shape index (κ2) is 14.5. The van der Waals surface area contributed by atoms with Crippen LogP contribution < -0.4 is 14.4 Å². The predicted octanol–water partition coefficient (Wildman–Crippen LogP) is 6.37. The summed E-state index contributed by atoms with van der Waals surface area (Å²) in [6.07, 6.45) is 4.23. The van der Waals surface area contributed by atoms with Crippen LogP contribution >= 0.6 is 23.2 Å². The van der Waals surface area contributed by atoms with E-state index in [4.69, 9.17) is 27.9 Å². The number of sulfonamides is 1. The lowest BCUT2D eigenvalue weighted by molar-refractivity contribution is -0.140. The standard InChI is InChI=1S/C32H37Cl2N3O5S/c1-4-29(32(39)35-25-7-5-6-8-25)36(20-23-11-13-24(33)14-12-23)31(38)21-37(26-15-18-30(42-3)28(34)19-26)43(40,41)27-16-9-22(2)10-17-27/h9-19,25,29H,4-8,20-21H2,1-3H3,(H,35,39)/t29-/m1/s1. The van der Waals surface area contributed by atoms with Crippen LogP contribution in [0.4, 0.5) is 5.69 Å². The van der Waals surface area contributed by atoms with Crippen molar-refractivity contribution in [2.24, 2.45) is 0 Å². The lowest BCUT2D eigenvalue weighted by atomic mass is 10.1. The summed E-state index contributed by atoms with van der Waals surface area (Å²) in [6, 6.07) is 17.2. The quantitative estimate of drug-likeness (QED) is 0.247. The number of amides is 2. The van der Waals surface area contributed by atoms with Crippen LogP contribution in [0.1, 0.15) is 50.2 Å². The fourth-order valence-electron chi connectivity index (χ4n) is 5.25. The molecular formula is C32H37Cl2N3O5S. The van der Waals surface area contributed by atoms with E-state index in [1.54, 1.807) is 42.5 Å². The second-order valence-electron chi connectivity index (χ2n) is 10.7. The van der Waals surface area contributed by atoms with Gasteiger partial charge in [-0.25, -0.2) is 8.42 Å². The van der Waals surface area contributed by atoms with E-state index in [0.29, 0.717) is 17.2 Å². The summed E-state index contributed by atoms with van der Waals surface area (Å²) in [5.74, 6) is -0.424. The number of hydrogen-bond acceptors (Lipinski definition) is 5. The fourth-order valence-corrected chi connectivity index (χ4v) is 7.03. The first kappa shape index (κ1) is 32.6. The van der Waals surface area contributed by atoms with Gasteiger partial charge in [0.2, 0.25) is 11.8 Å².